The van der Waals surface area contributed by atoms with E-state index in [1.807, 2.05) is 24.4 Å². The first-order valence-electron chi connectivity index (χ1n) is 18.9. The molecule has 15 nitrogen and oxygen atoms in total. The van der Waals surface area contributed by atoms with Gasteiger partial charge in [0.2, 0.25) is 11.9 Å². The molecule has 0 atom stereocenters. The maximum absolute atomic E-state index is 13.1. The van der Waals surface area contributed by atoms with Gasteiger partial charge in [-0.2, -0.15) is 4.98 Å². The maximum atomic E-state index is 13.1. The number of nitrogens with zero attached hydrogens (tertiary/aromatic N) is 10. The fraction of sp³-hybridized carbons (Fsp3) is 0.500. The van der Waals surface area contributed by atoms with Crippen LogP contribution in [-0.2, 0) is 11.3 Å². The Morgan fingerprint density at radius 3 is 2.42 bits per heavy atom. The molecule has 278 valence electrons. The van der Waals surface area contributed by atoms with Gasteiger partial charge in [0.15, 0.2) is 0 Å². The van der Waals surface area contributed by atoms with Crippen molar-refractivity contribution in [3.63, 3.8) is 0 Å². The first-order valence-corrected chi connectivity index (χ1v) is 18.9. The molecule has 4 fully saturated rings. The van der Waals surface area contributed by atoms with Crippen molar-refractivity contribution in [2.75, 3.05) is 75.0 Å². The molecule has 4 aromatic heterocycles. The van der Waals surface area contributed by atoms with Gasteiger partial charge >= 0.3 is 6.03 Å². The van der Waals surface area contributed by atoms with E-state index in [9.17, 15) is 14.4 Å². The van der Waals surface area contributed by atoms with Gasteiger partial charge in [-0.25, -0.2) is 14.8 Å². The first kappa shape index (κ1) is 34.9. The van der Waals surface area contributed by atoms with E-state index in [1.54, 1.807) is 42.5 Å². The molecule has 0 radical (unpaired) electrons. The monoisotopic (exact) mass is 720 g/mol. The van der Waals surface area contributed by atoms with Crippen molar-refractivity contribution in [3.05, 3.63) is 60.3 Å². The quantitative estimate of drug-likeness (QED) is 0.259. The number of hydrogen-bond donors (Lipinski definition) is 2. The van der Waals surface area contributed by atoms with Crippen molar-refractivity contribution in [1.82, 2.24) is 44.5 Å². The Balaban J connectivity index is 0.842. The zero-order chi connectivity index (χ0) is 36.5. The summed E-state index contributed by atoms with van der Waals surface area (Å²) in [7, 11) is 3.57. The SMILES string of the molecule is CN(C)C(=O)c1cc2cnc(Nc3ccc(N4CCC(N5CCN(Cc6ccncc6N6CCC(=O)NC6=O)CC5)CC4)cn3)nc2n1C1CCCC1. The number of carbonyl (C=O) groups is 3. The molecule has 3 saturated heterocycles. The van der Waals surface area contributed by atoms with Gasteiger partial charge in [-0.3, -0.25) is 34.6 Å². The van der Waals surface area contributed by atoms with Crippen LogP contribution in [0.4, 0.5) is 27.9 Å². The number of nitrogens with one attached hydrogen (secondary N) is 2. The molecule has 0 bridgehead atoms. The van der Waals surface area contributed by atoms with Crippen molar-refractivity contribution in [2.45, 2.75) is 63.6 Å². The van der Waals surface area contributed by atoms with E-state index in [1.165, 1.54) is 0 Å². The average molecular weight is 721 g/mol. The topological polar surface area (TPSA) is 148 Å². The Bertz CT molecular complexity index is 1960. The van der Waals surface area contributed by atoms with Crippen LogP contribution in [0.3, 0.4) is 0 Å². The highest BCUT2D eigenvalue weighted by atomic mass is 16.2. The van der Waals surface area contributed by atoms with Crippen LogP contribution in [0.1, 0.15) is 67.0 Å². The van der Waals surface area contributed by atoms with Crippen LogP contribution >= 0.6 is 0 Å². The summed E-state index contributed by atoms with van der Waals surface area (Å²) in [6.45, 7) is 7.02. The Kier molecular flexibility index (Phi) is 9.92. The summed E-state index contributed by atoms with van der Waals surface area (Å²) in [6.07, 6.45) is 14.1. The lowest BCUT2D eigenvalue weighted by atomic mass is 10.0. The molecule has 4 amide bonds. The standard InChI is InChI=1S/C38H48N12O3/c1-45(2)36(52)31-21-27-22-41-37(44-35(27)50(31)29-5-3-4-6-29)42-33-8-7-30(23-40-33)47-14-10-28(11-15-47)48-19-17-46(18-20-48)25-26-9-13-39-24-32(26)49-16-12-34(51)43-38(49)53/h7-9,13,21-24,28-29H,3-6,10-12,14-20,25H2,1-2H3,(H,43,51,53)(H,40,41,42,44). The van der Waals surface area contributed by atoms with Gasteiger partial charge < -0.3 is 19.7 Å². The van der Waals surface area contributed by atoms with Gasteiger partial charge in [0, 0.05) is 103 Å². The predicted molar refractivity (Wildman–Crippen MR) is 202 cm³/mol. The number of pyridine rings is 2. The molecule has 8 rings (SSSR count). The molecule has 0 aromatic carbocycles. The van der Waals surface area contributed by atoms with Gasteiger partial charge in [-0.15, -0.1) is 0 Å². The van der Waals surface area contributed by atoms with Gasteiger partial charge in [-0.1, -0.05) is 12.8 Å². The molecular formula is C38H48N12O3. The number of fused-ring (bicyclic) bond motifs is 1. The van der Waals surface area contributed by atoms with Crippen LogP contribution in [0.5, 0.6) is 0 Å². The summed E-state index contributed by atoms with van der Waals surface area (Å²) in [6, 6.07) is 8.43. The molecule has 1 aliphatic carbocycles. The van der Waals surface area contributed by atoms with Crippen molar-refractivity contribution in [1.29, 1.82) is 0 Å². The fourth-order valence-corrected chi connectivity index (χ4v) is 8.36. The number of rotatable bonds is 9. The Hall–Kier alpha value is -5.15. The van der Waals surface area contributed by atoms with Crippen LogP contribution in [0.2, 0.25) is 0 Å². The predicted octanol–water partition coefficient (Wildman–Crippen LogP) is 4.01. The molecule has 4 aromatic rings. The Morgan fingerprint density at radius 1 is 0.906 bits per heavy atom. The van der Waals surface area contributed by atoms with E-state index in [0.717, 1.165) is 112 Å². The largest absolute Gasteiger partial charge is 0.370 e. The van der Waals surface area contributed by atoms with Gasteiger partial charge in [0.25, 0.3) is 5.91 Å². The second kappa shape index (κ2) is 15.1. The zero-order valence-electron chi connectivity index (χ0n) is 30.6. The number of piperidine rings is 1. The third-order valence-electron chi connectivity index (χ3n) is 11.3. The van der Waals surface area contributed by atoms with Crippen molar-refractivity contribution in [2.24, 2.45) is 0 Å². The average Bonchev–Trinajstić information content (AvgIpc) is 3.84. The molecule has 0 unspecified atom stereocenters. The minimum absolute atomic E-state index is 0.0210. The van der Waals surface area contributed by atoms with Gasteiger partial charge in [-0.05, 0) is 55.5 Å². The van der Waals surface area contributed by atoms with E-state index in [0.29, 0.717) is 36.5 Å². The Morgan fingerprint density at radius 2 is 1.70 bits per heavy atom. The van der Waals surface area contributed by atoms with Crippen molar-refractivity contribution in [3.8, 4) is 0 Å². The Labute approximate surface area is 309 Å². The molecule has 4 aliphatic rings. The minimum atomic E-state index is -0.377. The summed E-state index contributed by atoms with van der Waals surface area (Å²) in [5.41, 5.74) is 4.39. The number of carbonyl (C=O) groups excluding carboxylic acids is 3. The van der Waals surface area contributed by atoms with Crippen LogP contribution in [0.25, 0.3) is 11.0 Å². The summed E-state index contributed by atoms with van der Waals surface area (Å²) >= 11 is 0. The molecule has 3 aliphatic heterocycles. The molecular weight excluding hydrogens is 672 g/mol. The normalized spacial score (nSPS) is 19.6. The molecule has 7 heterocycles. The van der Waals surface area contributed by atoms with E-state index in [4.69, 9.17) is 9.97 Å². The van der Waals surface area contributed by atoms with Crippen LogP contribution in [0, 0.1) is 0 Å². The second-order valence-corrected chi connectivity index (χ2v) is 14.8. The van der Waals surface area contributed by atoms with Crippen LogP contribution < -0.4 is 20.4 Å². The number of piperazine rings is 1. The molecule has 53 heavy (non-hydrogen) atoms. The summed E-state index contributed by atoms with van der Waals surface area (Å²) < 4.78 is 2.12. The van der Waals surface area contributed by atoms with Crippen molar-refractivity contribution >= 4 is 52.0 Å². The zero-order valence-corrected chi connectivity index (χ0v) is 30.6. The van der Waals surface area contributed by atoms with Gasteiger partial charge in [0.1, 0.15) is 17.2 Å². The molecule has 2 N–H and O–H groups in total. The van der Waals surface area contributed by atoms with E-state index < -0.39 is 0 Å². The molecule has 1 saturated carbocycles. The van der Waals surface area contributed by atoms with Crippen LogP contribution in [0.15, 0.2) is 49.1 Å². The molecule has 15 heteroatoms. The summed E-state index contributed by atoms with van der Waals surface area (Å²) in [4.78, 5) is 66.4. The summed E-state index contributed by atoms with van der Waals surface area (Å²) in [5, 5.41) is 6.58. The number of aromatic nitrogens is 5. The highest BCUT2D eigenvalue weighted by molar-refractivity contribution is 6.05. The first-order chi connectivity index (χ1) is 25.8. The third kappa shape index (κ3) is 7.40. The van der Waals surface area contributed by atoms with E-state index >= 15 is 0 Å². The summed E-state index contributed by atoms with van der Waals surface area (Å²) in [5.74, 6) is 0.889. The van der Waals surface area contributed by atoms with Crippen molar-refractivity contribution < 1.29 is 14.4 Å². The number of urea groups is 1. The maximum Gasteiger partial charge on any atom is 0.328 e. The number of hydrogen-bond acceptors (Lipinski definition) is 11. The third-order valence-corrected chi connectivity index (χ3v) is 11.3. The second-order valence-electron chi connectivity index (χ2n) is 14.8. The number of amides is 4. The lowest BCUT2D eigenvalue weighted by Crippen LogP contribution is -2.53. The van der Waals surface area contributed by atoms with E-state index in [-0.39, 0.29) is 23.9 Å². The fourth-order valence-electron chi connectivity index (χ4n) is 8.36. The molecule has 0 spiro atoms. The lowest BCUT2D eigenvalue weighted by Gasteiger charge is -2.43. The lowest BCUT2D eigenvalue weighted by molar-refractivity contribution is -0.120. The minimum Gasteiger partial charge on any atom is -0.370 e. The van der Waals surface area contributed by atoms with Gasteiger partial charge in [0.05, 0.1) is 23.8 Å². The van der Waals surface area contributed by atoms with Crippen LogP contribution in [-0.4, -0.2) is 123 Å². The highest BCUT2D eigenvalue weighted by Gasteiger charge is 2.30. The number of imide groups is 1. The highest BCUT2D eigenvalue weighted by Crippen LogP contribution is 2.35. The van der Waals surface area contributed by atoms with E-state index in [2.05, 4.69) is 45.9 Å². The smallest absolute Gasteiger partial charge is 0.328 e. The number of anilines is 4.